The zero-order valence-electron chi connectivity index (χ0n) is 7.84. The first-order valence-electron chi connectivity index (χ1n) is 4.16. The Morgan fingerprint density at radius 3 is 2.47 bits per heavy atom. The molecule has 15 heavy (non-hydrogen) atoms. The van der Waals surface area contributed by atoms with E-state index in [9.17, 15) is 13.9 Å². The van der Waals surface area contributed by atoms with Crippen LogP contribution in [0.1, 0.15) is 18.6 Å². The van der Waals surface area contributed by atoms with Crippen LogP contribution >= 0.6 is 11.6 Å². The number of phenolic OH excluding ortho intramolecular Hbond substituents is 1. The molecule has 3 nitrogen and oxygen atoms in total. The number of halogens is 3. The van der Waals surface area contributed by atoms with E-state index >= 15 is 0 Å². The molecule has 0 aromatic heterocycles. The van der Waals surface area contributed by atoms with Crippen molar-refractivity contribution in [1.82, 2.24) is 0 Å². The lowest BCUT2D eigenvalue weighted by Crippen LogP contribution is -2.26. The van der Waals surface area contributed by atoms with Crippen molar-refractivity contribution in [2.75, 3.05) is 0 Å². The Labute approximate surface area is 90.1 Å². The quantitative estimate of drug-likeness (QED) is 0.686. The van der Waals surface area contributed by atoms with E-state index in [1.54, 1.807) is 0 Å². The molecule has 2 unspecified atom stereocenters. The average Bonchev–Trinajstić information content (AvgIpc) is 2.14. The lowest BCUT2D eigenvalue weighted by atomic mass is 10.0. The van der Waals surface area contributed by atoms with Crippen LogP contribution in [0.15, 0.2) is 6.07 Å². The minimum atomic E-state index is -1.51. The van der Waals surface area contributed by atoms with Gasteiger partial charge >= 0.3 is 0 Å². The predicted octanol–water partition coefficient (Wildman–Crippen LogP) is 1.70. The number of aliphatic hydroxyl groups is 1. The fourth-order valence-corrected chi connectivity index (χ4v) is 1.29. The lowest BCUT2D eigenvalue weighted by Gasteiger charge is -2.17. The van der Waals surface area contributed by atoms with E-state index < -0.39 is 40.1 Å². The molecule has 6 heteroatoms. The topological polar surface area (TPSA) is 66.5 Å². The molecule has 1 aromatic carbocycles. The zero-order valence-corrected chi connectivity index (χ0v) is 8.59. The first-order chi connectivity index (χ1) is 6.86. The van der Waals surface area contributed by atoms with Crippen LogP contribution in [0.5, 0.6) is 5.75 Å². The normalized spacial score (nSPS) is 15.1. The molecular weight excluding hydrogens is 228 g/mol. The van der Waals surface area contributed by atoms with Crippen LogP contribution in [0.2, 0.25) is 5.02 Å². The van der Waals surface area contributed by atoms with Gasteiger partial charge < -0.3 is 15.9 Å². The first kappa shape index (κ1) is 12.2. The summed E-state index contributed by atoms with van der Waals surface area (Å²) in [4.78, 5) is 0. The van der Waals surface area contributed by atoms with Crippen LogP contribution in [0.3, 0.4) is 0 Å². The molecule has 1 aromatic rings. The zero-order chi connectivity index (χ0) is 11.7. The Balaban J connectivity index is 3.36. The van der Waals surface area contributed by atoms with E-state index in [0.717, 1.165) is 0 Å². The Hall–Kier alpha value is -0.910. The van der Waals surface area contributed by atoms with Crippen LogP contribution in [-0.4, -0.2) is 16.3 Å². The van der Waals surface area contributed by atoms with Gasteiger partial charge in [0, 0.05) is 12.1 Å². The number of phenols is 1. The standard InChI is InChI=1S/C9H10ClF2NO2/c1-3(13)9(15)6-4(11)2-5(14)7(10)8(6)12/h2-3,9,14-15H,13H2,1H3. The fourth-order valence-electron chi connectivity index (χ4n) is 1.13. The average molecular weight is 238 g/mol. The van der Waals surface area contributed by atoms with Gasteiger partial charge in [0.2, 0.25) is 0 Å². The molecule has 0 fully saturated rings. The highest BCUT2D eigenvalue weighted by Gasteiger charge is 2.25. The SMILES string of the molecule is CC(N)C(O)c1c(F)cc(O)c(Cl)c1F. The maximum absolute atomic E-state index is 13.4. The number of hydrogen-bond donors (Lipinski definition) is 3. The van der Waals surface area contributed by atoms with Crippen LogP contribution in [0.25, 0.3) is 0 Å². The molecule has 0 radical (unpaired) electrons. The van der Waals surface area contributed by atoms with Crippen molar-refractivity contribution in [3.63, 3.8) is 0 Å². The highest BCUT2D eigenvalue weighted by atomic mass is 35.5. The highest BCUT2D eigenvalue weighted by Crippen LogP contribution is 2.34. The smallest absolute Gasteiger partial charge is 0.154 e. The van der Waals surface area contributed by atoms with Gasteiger partial charge in [-0.05, 0) is 6.92 Å². The Morgan fingerprint density at radius 1 is 1.47 bits per heavy atom. The molecule has 1 rings (SSSR count). The molecule has 0 spiro atoms. The van der Waals surface area contributed by atoms with Crippen molar-refractivity contribution in [1.29, 1.82) is 0 Å². The maximum atomic E-state index is 13.4. The van der Waals surface area contributed by atoms with Gasteiger partial charge in [0.1, 0.15) is 16.6 Å². The van der Waals surface area contributed by atoms with Crippen molar-refractivity contribution in [2.45, 2.75) is 19.1 Å². The van der Waals surface area contributed by atoms with Crippen molar-refractivity contribution in [3.8, 4) is 5.75 Å². The molecule has 0 aliphatic heterocycles. The van der Waals surface area contributed by atoms with Gasteiger partial charge in [-0.25, -0.2) is 8.78 Å². The third kappa shape index (κ3) is 2.19. The molecule has 2 atom stereocenters. The number of aliphatic hydroxyl groups excluding tert-OH is 1. The van der Waals surface area contributed by atoms with Crippen LogP contribution < -0.4 is 5.73 Å². The fraction of sp³-hybridized carbons (Fsp3) is 0.333. The summed E-state index contributed by atoms with van der Waals surface area (Å²) in [6.45, 7) is 1.39. The molecule has 0 aliphatic carbocycles. The lowest BCUT2D eigenvalue weighted by molar-refractivity contribution is 0.144. The second kappa shape index (κ2) is 4.30. The van der Waals surface area contributed by atoms with Gasteiger partial charge in [-0.3, -0.25) is 0 Å². The minimum Gasteiger partial charge on any atom is -0.506 e. The van der Waals surface area contributed by atoms with Gasteiger partial charge in [0.15, 0.2) is 5.82 Å². The van der Waals surface area contributed by atoms with E-state index in [-0.39, 0.29) is 0 Å². The number of nitrogens with two attached hydrogens (primary N) is 1. The molecule has 4 N–H and O–H groups in total. The van der Waals surface area contributed by atoms with Gasteiger partial charge in [-0.15, -0.1) is 0 Å². The third-order valence-corrected chi connectivity index (χ3v) is 2.33. The summed E-state index contributed by atoms with van der Waals surface area (Å²) in [5, 5.41) is 17.8. The van der Waals surface area contributed by atoms with E-state index in [1.807, 2.05) is 0 Å². The molecule has 0 bridgehead atoms. The summed E-state index contributed by atoms with van der Waals surface area (Å²) in [6, 6.07) is -0.221. The van der Waals surface area contributed by atoms with Crippen molar-refractivity contribution >= 4 is 11.6 Å². The van der Waals surface area contributed by atoms with Gasteiger partial charge in [0.05, 0.1) is 11.7 Å². The van der Waals surface area contributed by atoms with Crippen LogP contribution in [0.4, 0.5) is 8.78 Å². The molecule has 0 saturated heterocycles. The van der Waals surface area contributed by atoms with E-state index in [2.05, 4.69) is 0 Å². The Kier molecular flexibility index (Phi) is 3.49. The number of rotatable bonds is 2. The summed E-state index contributed by atoms with van der Waals surface area (Å²) in [6.07, 6.45) is -1.51. The highest BCUT2D eigenvalue weighted by molar-refractivity contribution is 6.32. The summed E-state index contributed by atoms with van der Waals surface area (Å²) in [5.41, 5.74) is 4.67. The second-order valence-electron chi connectivity index (χ2n) is 3.22. The molecule has 84 valence electrons. The largest absolute Gasteiger partial charge is 0.506 e. The summed E-state index contributed by atoms with van der Waals surface area (Å²) in [7, 11) is 0. The Bertz CT molecular complexity index is 385. The second-order valence-corrected chi connectivity index (χ2v) is 3.60. The van der Waals surface area contributed by atoms with Gasteiger partial charge in [-0.2, -0.15) is 0 Å². The Morgan fingerprint density at radius 2 is 2.00 bits per heavy atom. The van der Waals surface area contributed by atoms with E-state index in [0.29, 0.717) is 6.07 Å². The molecular formula is C9H10ClF2NO2. The minimum absolute atomic E-state index is 0.631. The maximum Gasteiger partial charge on any atom is 0.154 e. The van der Waals surface area contributed by atoms with Crippen molar-refractivity contribution in [3.05, 3.63) is 28.3 Å². The van der Waals surface area contributed by atoms with Crippen molar-refractivity contribution in [2.24, 2.45) is 5.73 Å². The van der Waals surface area contributed by atoms with Gasteiger partial charge in [0.25, 0.3) is 0 Å². The van der Waals surface area contributed by atoms with E-state index in [4.69, 9.17) is 22.4 Å². The van der Waals surface area contributed by atoms with Crippen molar-refractivity contribution < 1.29 is 19.0 Å². The monoisotopic (exact) mass is 237 g/mol. The van der Waals surface area contributed by atoms with Gasteiger partial charge in [-0.1, -0.05) is 11.6 Å². The third-order valence-electron chi connectivity index (χ3n) is 1.97. The molecule has 0 saturated carbocycles. The number of benzene rings is 1. The predicted molar refractivity (Wildman–Crippen MR) is 51.6 cm³/mol. The number of hydrogen-bond acceptors (Lipinski definition) is 3. The molecule has 0 heterocycles. The van der Waals surface area contributed by atoms with E-state index in [1.165, 1.54) is 6.92 Å². The number of aromatic hydroxyl groups is 1. The first-order valence-corrected chi connectivity index (χ1v) is 4.54. The summed E-state index contributed by atoms with van der Waals surface area (Å²) >= 11 is 5.36. The van der Waals surface area contributed by atoms with Crippen LogP contribution in [0, 0.1) is 11.6 Å². The van der Waals surface area contributed by atoms with Crippen LogP contribution in [-0.2, 0) is 0 Å². The summed E-state index contributed by atoms with van der Waals surface area (Å²) in [5.74, 6) is -2.99. The molecule has 0 aliphatic rings. The summed E-state index contributed by atoms with van der Waals surface area (Å²) < 4.78 is 26.6. The molecule has 0 amide bonds.